The van der Waals surface area contributed by atoms with Gasteiger partial charge in [-0.1, -0.05) is 17.3 Å². The van der Waals surface area contributed by atoms with Gasteiger partial charge in [-0.3, -0.25) is 14.6 Å². The molecule has 150 valence electrons. The zero-order chi connectivity index (χ0) is 20.2. The monoisotopic (exact) mass is 393 g/mol. The Hall–Kier alpha value is -3.29. The minimum Gasteiger partial charge on any atom is -0.361 e. The van der Waals surface area contributed by atoms with Crippen LogP contribution in [0.25, 0.3) is 11.0 Å². The van der Waals surface area contributed by atoms with Gasteiger partial charge in [-0.2, -0.15) is 0 Å². The molecular weight excluding hydrogens is 370 g/mol. The van der Waals surface area contributed by atoms with E-state index in [1.54, 1.807) is 6.07 Å². The van der Waals surface area contributed by atoms with Crippen LogP contribution in [0, 0.1) is 12.8 Å². The molecule has 0 spiro atoms. The van der Waals surface area contributed by atoms with E-state index in [9.17, 15) is 9.59 Å². The summed E-state index contributed by atoms with van der Waals surface area (Å²) in [5.74, 6) is 0.764. The highest BCUT2D eigenvalue weighted by Crippen LogP contribution is 2.18. The van der Waals surface area contributed by atoms with Crippen LogP contribution in [0.3, 0.4) is 0 Å². The highest BCUT2D eigenvalue weighted by Gasteiger charge is 2.24. The molecule has 29 heavy (non-hydrogen) atoms. The molecule has 1 aromatic carbocycles. The van der Waals surface area contributed by atoms with Gasteiger partial charge in [-0.05, 0) is 37.8 Å². The number of para-hydroxylation sites is 2. The van der Waals surface area contributed by atoms with Crippen LogP contribution in [0.15, 0.2) is 41.1 Å². The molecule has 1 aliphatic heterocycles. The van der Waals surface area contributed by atoms with Crippen molar-refractivity contribution in [2.75, 3.05) is 19.6 Å². The SMILES string of the molecule is Cc1cc(CC(=O)N2CCC(CNC(=O)c3cnc4ccccc4n3)CC2)on1. The van der Waals surface area contributed by atoms with Gasteiger partial charge in [0, 0.05) is 25.7 Å². The van der Waals surface area contributed by atoms with Crippen LogP contribution in [0.2, 0.25) is 0 Å². The average Bonchev–Trinajstić information content (AvgIpc) is 3.16. The van der Waals surface area contributed by atoms with Crippen molar-refractivity contribution in [2.45, 2.75) is 26.2 Å². The van der Waals surface area contributed by atoms with Crippen LogP contribution < -0.4 is 5.32 Å². The van der Waals surface area contributed by atoms with E-state index in [0.29, 0.717) is 42.5 Å². The molecule has 2 amide bonds. The van der Waals surface area contributed by atoms with Gasteiger partial charge in [0.1, 0.15) is 11.5 Å². The highest BCUT2D eigenvalue weighted by atomic mass is 16.5. The number of benzene rings is 1. The first-order valence-corrected chi connectivity index (χ1v) is 9.78. The standard InChI is InChI=1S/C21H23N5O3/c1-14-10-16(29-25-14)11-20(27)26-8-6-15(7-9-26)12-23-21(28)19-13-22-17-4-2-3-5-18(17)24-19/h2-5,10,13,15H,6-9,11-12H2,1H3,(H,23,28). The second-order valence-corrected chi connectivity index (χ2v) is 7.39. The molecule has 1 fully saturated rings. The second-order valence-electron chi connectivity index (χ2n) is 7.39. The number of hydrogen-bond acceptors (Lipinski definition) is 6. The van der Waals surface area contributed by atoms with Gasteiger partial charge < -0.3 is 14.7 Å². The van der Waals surface area contributed by atoms with Crippen molar-refractivity contribution in [1.29, 1.82) is 0 Å². The van der Waals surface area contributed by atoms with E-state index in [2.05, 4.69) is 20.4 Å². The molecule has 1 N–H and O–H groups in total. The highest BCUT2D eigenvalue weighted by molar-refractivity contribution is 5.93. The Balaban J connectivity index is 1.25. The van der Waals surface area contributed by atoms with Crippen LogP contribution in [0.1, 0.15) is 34.8 Å². The Morgan fingerprint density at radius 2 is 1.97 bits per heavy atom. The normalized spacial score (nSPS) is 14.9. The van der Waals surface area contributed by atoms with E-state index in [1.807, 2.05) is 36.1 Å². The fraction of sp³-hybridized carbons (Fsp3) is 0.381. The molecule has 4 rings (SSSR count). The maximum atomic E-state index is 12.4. The number of aromatic nitrogens is 3. The number of aryl methyl sites for hydroxylation is 1. The van der Waals surface area contributed by atoms with E-state index in [-0.39, 0.29) is 18.2 Å². The van der Waals surface area contributed by atoms with Crippen LogP contribution in [-0.2, 0) is 11.2 Å². The third-order valence-electron chi connectivity index (χ3n) is 5.20. The van der Waals surface area contributed by atoms with Gasteiger partial charge in [-0.25, -0.2) is 4.98 Å². The number of piperidine rings is 1. The topological polar surface area (TPSA) is 101 Å². The number of nitrogens with one attached hydrogen (secondary N) is 1. The molecule has 3 aromatic rings. The zero-order valence-corrected chi connectivity index (χ0v) is 16.3. The van der Waals surface area contributed by atoms with Gasteiger partial charge in [0.25, 0.3) is 5.91 Å². The van der Waals surface area contributed by atoms with Crippen molar-refractivity contribution in [3.63, 3.8) is 0 Å². The summed E-state index contributed by atoms with van der Waals surface area (Å²) in [5, 5.41) is 6.77. The molecule has 2 aromatic heterocycles. The van der Waals surface area contributed by atoms with Crippen molar-refractivity contribution in [3.05, 3.63) is 53.7 Å². The van der Waals surface area contributed by atoms with Crippen molar-refractivity contribution < 1.29 is 14.1 Å². The smallest absolute Gasteiger partial charge is 0.271 e. The fourth-order valence-electron chi connectivity index (χ4n) is 3.54. The lowest BCUT2D eigenvalue weighted by Crippen LogP contribution is -2.42. The first-order chi connectivity index (χ1) is 14.1. The number of likely N-dealkylation sites (tertiary alicyclic amines) is 1. The van der Waals surface area contributed by atoms with E-state index in [1.165, 1.54) is 6.20 Å². The van der Waals surface area contributed by atoms with Crippen LogP contribution >= 0.6 is 0 Å². The summed E-state index contributed by atoms with van der Waals surface area (Å²) in [6, 6.07) is 9.25. The van der Waals surface area contributed by atoms with Crippen molar-refractivity contribution in [1.82, 2.24) is 25.3 Å². The molecule has 8 nitrogen and oxygen atoms in total. The number of carbonyl (C=O) groups excluding carboxylic acids is 2. The lowest BCUT2D eigenvalue weighted by Gasteiger charge is -2.32. The van der Waals surface area contributed by atoms with E-state index >= 15 is 0 Å². The Morgan fingerprint density at radius 1 is 1.21 bits per heavy atom. The Labute approximate surface area is 168 Å². The largest absolute Gasteiger partial charge is 0.361 e. The summed E-state index contributed by atoms with van der Waals surface area (Å²) < 4.78 is 5.12. The van der Waals surface area contributed by atoms with Crippen LogP contribution in [-0.4, -0.2) is 51.5 Å². The van der Waals surface area contributed by atoms with Gasteiger partial charge >= 0.3 is 0 Å². The number of hydrogen-bond donors (Lipinski definition) is 1. The molecule has 1 saturated heterocycles. The lowest BCUT2D eigenvalue weighted by atomic mass is 9.96. The number of fused-ring (bicyclic) bond motifs is 1. The lowest BCUT2D eigenvalue weighted by molar-refractivity contribution is -0.132. The Morgan fingerprint density at radius 3 is 2.69 bits per heavy atom. The Kier molecular flexibility index (Phi) is 5.50. The molecular formula is C21H23N5O3. The number of rotatable bonds is 5. The third-order valence-corrected chi connectivity index (χ3v) is 5.20. The van der Waals surface area contributed by atoms with E-state index in [0.717, 1.165) is 24.1 Å². The summed E-state index contributed by atoms with van der Waals surface area (Å²) >= 11 is 0. The van der Waals surface area contributed by atoms with Crippen molar-refractivity contribution in [2.24, 2.45) is 5.92 Å². The first-order valence-electron chi connectivity index (χ1n) is 9.78. The molecule has 0 unspecified atom stereocenters. The predicted molar refractivity (Wildman–Crippen MR) is 106 cm³/mol. The molecule has 3 heterocycles. The quantitative estimate of drug-likeness (QED) is 0.713. The van der Waals surface area contributed by atoms with Crippen molar-refractivity contribution in [3.8, 4) is 0 Å². The molecule has 0 saturated carbocycles. The van der Waals surface area contributed by atoms with Gasteiger partial charge in [0.05, 0.1) is 29.3 Å². The first kappa shape index (κ1) is 19.0. The Bertz CT molecular complexity index is 1020. The molecule has 0 aliphatic carbocycles. The van der Waals surface area contributed by atoms with Gasteiger partial charge in [-0.15, -0.1) is 0 Å². The fourth-order valence-corrected chi connectivity index (χ4v) is 3.54. The second kappa shape index (κ2) is 8.38. The van der Waals surface area contributed by atoms with Crippen LogP contribution in [0.5, 0.6) is 0 Å². The zero-order valence-electron chi connectivity index (χ0n) is 16.3. The third kappa shape index (κ3) is 4.59. The minimum absolute atomic E-state index is 0.0510. The summed E-state index contributed by atoms with van der Waals surface area (Å²) in [7, 11) is 0. The minimum atomic E-state index is -0.220. The van der Waals surface area contributed by atoms with Gasteiger partial charge in [0.15, 0.2) is 0 Å². The average molecular weight is 393 g/mol. The molecule has 0 radical (unpaired) electrons. The van der Waals surface area contributed by atoms with E-state index in [4.69, 9.17) is 4.52 Å². The predicted octanol–water partition coefficient (Wildman–Crippen LogP) is 2.14. The maximum absolute atomic E-state index is 12.4. The summed E-state index contributed by atoms with van der Waals surface area (Å²) in [5.41, 5.74) is 2.56. The molecule has 1 aliphatic rings. The summed E-state index contributed by atoms with van der Waals surface area (Å²) in [6.45, 7) is 3.77. The number of amides is 2. The maximum Gasteiger partial charge on any atom is 0.271 e. The molecule has 0 bridgehead atoms. The number of nitrogens with zero attached hydrogens (tertiary/aromatic N) is 4. The number of carbonyl (C=O) groups is 2. The van der Waals surface area contributed by atoms with E-state index < -0.39 is 0 Å². The molecule has 8 heteroatoms. The van der Waals surface area contributed by atoms with Gasteiger partial charge in [0.2, 0.25) is 5.91 Å². The summed E-state index contributed by atoms with van der Waals surface area (Å²) in [4.78, 5) is 35.3. The molecule has 0 atom stereocenters. The van der Waals surface area contributed by atoms with Crippen LogP contribution in [0.4, 0.5) is 0 Å². The van der Waals surface area contributed by atoms with Crippen molar-refractivity contribution >= 4 is 22.8 Å². The summed E-state index contributed by atoms with van der Waals surface area (Å²) in [6.07, 6.45) is 3.45.